The number of hydrogen-bond donors (Lipinski definition) is 1. The Kier molecular flexibility index (Phi) is 3.87. The molecule has 2 nitrogen and oxygen atoms in total. The number of benzene rings is 1. The Morgan fingerprint density at radius 1 is 1.21 bits per heavy atom. The summed E-state index contributed by atoms with van der Waals surface area (Å²) in [5, 5.41) is 0. The minimum Gasteiger partial charge on any atom is -0.330 e. The first-order valence-electron chi connectivity index (χ1n) is 6.44. The van der Waals surface area contributed by atoms with Crippen LogP contribution in [0.1, 0.15) is 24.0 Å². The Balaban J connectivity index is 2.44. The van der Waals surface area contributed by atoms with Crippen LogP contribution >= 0.6 is 0 Å². The van der Waals surface area contributed by atoms with E-state index in [1.54, 1.807) is 12.1 Å². The highest BCUT2D eigenvalue weighted by atomic mass is 19.4. The van der Waals surface area contributed by atoms with Crippen molar-refractivity contribution in [2.24, 2.45) is 5.73 Å². The van der Waals surface area contributed by atoms with Crippen LogP contribution < -0.4 is 5.73 Å². The van der Waals surface area contributed by atoms with Crippen LogP contribution in [-0.2, 0) is 11.6 Å². The maximum absolute atomic E-state index is 13.1. The molecule has 0 radical (unpaired) electrons. The molecule has 106 valence electrons. The van der Waals surface area contributed by atoms with E-state index in [4.69, 9.17) is 5.73 Å². The van der Waals surface area contributed by atoms with E-state index in [0.29, 0.717) is 18.4 Å². The second-order valence-corrected chi connectivity index (χ2v) is 5.33. The van der Waals surface area contributed by atoms with Gasteiger partial charge in [-0.1, -0.05) is 18.2 Å². The molecule has 0 bridgehead atoms. The second kappa shape index (κ2) is 5.13. The normalized spacial score (nSPS) is 20.5. The zero-order chi connectivity index (χ0) is 14.1. The number of halogens is 3. The highest BCUT2D eigenvalue weighted by Gasteiger charge is 2.42. The van der Waals surface area contributed by atoms with Gasteiger partial charge in [-0.25, -0.2) is 0 Å². The first-order chi connectivity index (χ1) is 8.89. The summed E-state index contributed by atoms with van der Waals surface area (Å²) in [4.78, 5) is 2.13. The van der Waals surface area contributed by atoms with Gasteiger partial charge in [-0.15, -0.1) is 0 Å². The van der Waals surface area contributed by atoms with Gasteiger partial charge in [0.05, 0.1) is 5.56 Å². The highest BCUT2D eigenvalue weighted by molar-refractivity contribution is 5.37. The molecule has 0 aromatic heterocycles. The maximum Gasteiger partial charge on any atom is 0.416 e. The zero-order valence-electron chi connectivity index (χ0n) is 11.0. The van der Waals surface area contributed by atoms with E-state index >= 15 is 0 Å². The lowest BCUT2D eigenvalue weighted by atomic mass is 9.71. The van der Waals surface area contributed by atoms with Gasteiger partial charge in [-0.3, -0.25) is 0 Å². The summed E-state index contributed by atoms with van der Waals surface area (Å²) in [6.45, 7) is 1.82. The lowest BCUT2D eigenvalue weighted by Gasteiger charge is -2.41. The van der Waals surface area contributed by atoms with Gasteiger partial charge in [0.25, 0.3) is 0 Å². The van der Waals surface area contributed by atoms with Crippen LogP contribution in [0.3, 0.4) is 0 Å². The molecule has 1 saturated heterocycles. The molecule has 0 atom stereocenters. The Morgan fingerprint density at radius 3 is 2.32 bits per heavy atom. The van der Waals surface area contributed by atoms with Gasteiger partial charge >= 0.3 is 6.18 Å². The van der Waals surface area contributed by atoms with E-state index in [1.165, 1.54) is 6.07 Å². The summed E-state index contributed by atoms with van der Waals surface area (Å²) < 4.78 is 39.4. The number of likely N-dealkylation sites (tertiary alicyclic amines) is 1. The molecule has 1 aromatic carbocycles. The number of nitrogens with two attached hydrogens (primary N) is 1. The molecule has 1 aromatic rings. The van der Waals surface area contributed by atoms with Crippen LogP contribution in [0.25, 0.3) is 0 Å². The van der Waals surface area contributed by atoms with E-state index in [-0.39, 0.29) is 6.54 Å². The Morgan fingerprint density at radius 2 is 1.79 bits per heavy atom. The number of hydrogen-bond acceptors (Lipinski definition) is 2. The lowest BCUT2D eigenvalue weighted by Crippen LogP contribution is -2.46. The molecule has 0 spiro atoms. The molecular weight excluding hydrogens is 253 g/mol. The van der Waals surface area contributed by atoms with Gasteiger partial charge < -0.3 is 10.6 Å². The minimum atomic E-state index is -4.32. The molecule has 5 heteroatoms. The van der Waals surface area contributed by atoms with E-state index in [1.807, 2.05) is 7.05 Å². The van der Waals surface area contributed by atoms with Crippen LogP contribution in [0, 0.1) is 0 Å². The summed E-state index contributed by atoms with van der Waals surface area (Å²) in [5.74, 6) is 0. The summed E-state index contributed by atoms with van der Waals surface area (Å²) >= 11 is 0. The van der Waals surface area contributed by atoms with Gasteiger partial charge in [-0.05, 0) is 44.6 Å². The van der Waals surface area contributed by atoms with Crippen molar-refractivity contribution in [1.82, 2.24) is 4.90 Å². The summed E-state index contributed by atoms with van der Waals surface area (Å²) in [6, 6.07) is 5.85. The number of nitrogens with zero attached hydrogens (tertiary/aromatic N) is 1. The molecule has 0 unspecified atom stereocenters. The van der Waals surface area contributed by atoms with E-state index in [0.717, 1.165) is 19.2 Å². The first-order valence-corrected chi connectivity index (χ1v) is 6.44. The van der Waals surface area contributed by atoms with Crippen molar-refractivity contribution in [2.75, 3.05) is 26.7 Å². The second-order valence-electron chi connectivity index (χ2n) is 5.33. The average molecular weight is 272 g/mol. The standard InChI is InChI=1S/C14H19F3N2/c1-19-8-6-13(10-18,7-9-19)11-4-2-3-5-12(11)14(15,16)17/h2-5H,6-10,18H2,1H3. The Labute approximate surface area is 111 Å². The fourth-order valence-electron chi connectivity index (χ4n) is 2.82. The molecule has 19 heavy (non-hydrogen) atoms. The molecule has 1 fully saturated rings. The third-order valence-electron chi connectivity index (χ3n) is 4.14. The number of piperidine rings is 1. The first kappa shape index (κ1) is 14.3. The quantitative estimate of drug-likeness (QED) is 0.896. The largest absolute Gasteiger partial charge is 0.416 e. The average Bonchev–Trinajstić information content (AvgIpc) is 2.39. The lowest BCUT2D eigenvalue weighted by molar-refractivity contribution is -0.139. The smallest absolute Gasteiger partial charge is 0.330 e. The molecule has 1 heterocycles. The van der Waals surface area contributed by atoms with Crippen LogP contribution in [0.5, 0.6) is 0 Å². The summed E-state index contributed by atoms with van der Waals surface area (Å²) in [6.07, 6.45) is -2.97. The van der Waals surface area contributed by atoms with Gasteiger partial charge in [0.1, 0.15) is 0 Å². The maximum atomic E-state index is 13.1. The minimum absolute atomic E-state index is 0.258. The van der Waals surface area contributed by atoms with Gasteiger partial charge in [0.2, 0.25) is 0 Å². The van der Waals surface area contributed by atoms with Crippen molar-refractivity contribution < 1.29 is 13.2 Å². The third kappa shape index (κ3) is 2.77. The van der Waals surface area contributed by atoms with Crippen LogP contribution in [0.15, 0.2) is 24.3 Å². The van der Waals surface area contributed by atoms with Gasteiger partial charge in [0.15, 0.2) is 0 Å². The van der Waals surface area contributed by atoms with Crippen molar-refractivity contribution in [1.29, 1.82) is 0 Å². The van der Waals surface area contributed by atoms with Crippen molar-refractivity contribution in [3.05, 3.63) is 35.4 Å². The summed E-state index contributed by atoms with van der Waals surface area (Å²) in [5.41, 5.74) is 5.12. The van der Waals surface area contributed by atoms with Crippen LogP contribution in [0.2, 0.25) is 0 Å². The van der Waals surface area contributed by atoms with Crippen LogP contribution in [0.4, 0.5) is 13.2 Å². The van der Waals surface area contributed by atoms with E-state index in [9.17, 15) is 13.2 Å². The fraction of sp³-hybridized carbons (Fsp3) is 0.571. The SMILES string of the molecule is CN1CCC(CN)(c2ccccc2C(F)(F)F)CC1. The van der Waals surface area contributed by atoms with Crippen molar-refractivity contribution in [3.63, 3.8) is 0 Å². The summed E-state index contributed by atoms with van der Waals surface area (Å²) in [7, 11) is 1.98. The van der Waals surface area contributed by atoms with Crippen molar-refractivity contribution in [3.8, 4) is 0 Å². The molecule has 1 aliphatic heterocycles. The molecule has 0 aliphatic carbocycles. The predicted molar refractivity (Wildman–Crippen MR) is 68.9 cm³/mol. The van der Waals surface area contributed by atoms with Crippen LogP contribution in [-0.4, -0.2) is 31.6 Å². The number of rotatable bonds is 2. The Hall–Kier alpha value is -1.07. The Bertz CT molecular complexity index is 435. The molecule has 2 N–H and O–H groups in total. The fourth-order valence-corrected chi connectivity index (χ4v) is 2.82. The third-order valence-corrected chi connectivity index (χ3v) is 4.14. The van der Waals surface area contributed by atoms with Crippen molar-refractivity contribution in [2.45, 2.75) is 24.4 Å². The predicted octanol–water partition coefficient (Wildman–Crippen LogP) is 2.63. The topological polar surface area (TPSA) is 29.3 Å². The van der Waals surface area contributed by atoms with Crippen molar-refractivity contribution >= 4 is 0 Å². The van der Waals surface area contributed by atoms with Gasteiger partial charge in [-0.2, -0.15) is 13.2 Å². The molecule has 1 aliphatic rings. The van der Waals surface area contributed by atoms with E-state index < -0.39 is 17.2 Å². The highest BCUT2D eigenvalue weighted by Crippen LogP contribution is 2.41. The zero-order valence-corrected chi connectivity index (χ0v) is 11.0. The monoisotopic (exact) mass is 272 g/mol. The number of alkyl halides is 3. The van der Waals surface area contributed by atoms with E-state index in [2.05, 4.69) is 4.90 Å². The molecule has 0 saturated carbocycles. The molecule has 2 rings (SSSR count). The molecular formula is C14H19F3N2. The van der Waals surface area contributed by atoms with Gasteiger partial charge in [0, 0.05) is 12.0 Å². The molecule has 0 amide bonds.